The minimum Gasteiger partial charge on any atom is -0.398 e. The van der Waals surface area contributed by atoms with Crippen LogP contribution in [0.1, 0.15) is 13.3 Å². The molecule has 0 saturated carbocycles. The highest BCUT2D eigenvalue weighted by Gasteiger charge is 2.21. The Hall–Kier alpha value is -1.40. The average molecular weight is 258 g/mol. The lowest BCUT2D eigenvalue weighted by atomic mass is 10.3. The number of benzene rings is 1. The van der Waals surface area contributed by atoms with Gasteiger partial charge in [-0.1, -0.05) is 18.2 Å². The quantitative estimate of drug-likeness (QED) is 0.479. The summed E-state index contributed by atoms with van der Waals surface area (Å²) < 4.78 is 39.3. The maximum atomic E-state index is 13.4. The molecule has 1 aromatic rings. The van der Waals surface area contributed by atoms with E-state index >= 15 is 0 Å². The van der Waals surface area contributed by atoms with Crippen molar-refractivity contribution in [1.29, 1.82) is 0 Å². The number of nitrogens with one attached hydrogen (secondary N) is 1. The van der Waals surface area contributed by atoms with Gasteiger partial charge in [0, 0.05) is 6.54 Å². The van der Waals surface area contributed by atoms with Crippen LogP contribution in [-0.2, 0) is 10.0 Å². The zero-order valence-electron chi connectivity index (χ0n) is 9.48. The highest BCUT2D eigenvalue weighted by atomic mass is 32.2. The second-order valence-corrected chi connectivity index (χ2v) is 5.12. The Kier molecular flexibility index (Phi) is 4.65. The van der Waals surface area contributed by atoms with E-state index in [2.05, 4.69) is 4.72 Å². The zero-order chi connectivity index (χ0) is 12.9. The SMILES string of the molecule is C/C=C/CCNS(=O)(=O)c1c(N)cccc1F. The molecule has 3 N–H and O–H groups in total. The van der Waals surface area contributed by atoms with Gasteiger partial charge >= 0.3 is 0 Å². The first-order chi connectivity index (χ1) is 7.99. The van der Waals surface area contributed by atoms with E-state index in [1.807, 2.05) is 19.1 Å². The number of sulfonamides is 1. The lowest BCUT2D eigenvalue weighted by molar-refractivity contribution is 0.559. The molecule has 0 saturated heterocycles. The van der Waals surface area contributed by atoms with Gasteiger partial charge in [-0.25, -0.2) is 17.5 Å². The lowest BCUT2D eigenvalue weighted by Crippen LogP contribution is -2.26. The van der Waals surface area contributed by atoms with E-state index in [0.717, 1.165) is 6.07 Å². The number of allylic oxidation sites excluding steroid dienone is 1. The predicted octanol–water partition coefficient (Wildman–Crippen LogP) is 1.65. The number of rotatable bonds is 5. The van der Waals surface area contributed by atoms with Gasteiger partial charge in [-0.15, -0.1) is 0 Å². The molecule has 0 bridgehead atoms. The summed E-state index contributed by atoms with van der Waals surface area (Å²) in [5, 5.41) is 0. The summed E-state index contributed by atoms with van der Waals surface area (Å²) >= 11 is 0. The minimum absolute atomic E-state index is 0.0940. The van der Waals surface area contributed by atoms with Gasteiger partial charge in [-0.2, -0.15) is 0 Å². The first-order valence-electron chi connectivity index (χ1n) is 5.14. The van der Waals surface area contributed by atoms with Crippen LogP contribution in [0.3, 0.4) is 0 Å². The fourth-order valence-electron chi connectivity index (χ4n) is 1.32. The normalized spacial score (nSPS) is 12.1. The second kappa shape index (κ2) is 5.79. The summed E-state index contributed by atoms with van der Waals surface area (Å²) in [4.78, 5) is -0.486. The maximum Gasteiger partial charge on any atom is 0.245 e. The van der Waals surface area contributed by atoms with E-state index in [4.69, 9.17) is 5.73 Å². The van der Waals surface area contributed by atoms with Crippen molar-refractivity contribution in [3.63, 3.8) is 0 Å². The fourth-order valence-corrected chi connectivity index (χ4v) is 2.56. The van der Waals surface area contributed by atoms with Gasteiger partial charge in [0.05, 0.1) is 5.69 Å². The third-order valence-corrected chi connectivity index (χ3v) is 3.66. The topological polar surface area (TPSA) is 72.2 Å². The number of nitrogens with two attached hydrogens (primary N) is 1. The summed E-state index contributed by atoms with van der Waals surface area (Å²) in [7, 11) is -3.89. The fraction of sp³-hybridized carbons (Fsp3) is 0.273. The van der Waals surface area contributed by atoms with Crippen LogP contribution in [-0.4, -0.2) is 15.0 Å². The van der Waals surface area contributed by atoms with E-state index in [1.165, 1.54) is 12.1 Å². The molecule has 0 unspecified atom stereocenters. The number of nitrogen functional groups attached to an aromatic ring is 1. The molecule has 0 aliphatic rings. The highest BCUT2D eigenvalue weighted by molar-refractivity contribution is 7.89. The smallest absolute Gasteiger partial charge is 0.245 e. The highest BCUT2D eigenvalue weighted by Crippen LogP contribution is 2.21. The van der Waals surface area contributed by atoms with Crippen LogP contribution in [0.2, 0.25) is 0 Å². The summed E-state index contributed by atoms with van der Waals surface area (Å²) in [5.74, 6) is -0.844. The molecule has 6 heteroatoms. The number of anilines is 1. The summed E-state index contributed by atoms with van der Waals surface area (Å²) in [5.41, 5.74) is 5.37. The lowest BCUT2D eigenvalue weighted by Gasteiger charge is -2.08. The monoisotopic (exact) mass is 258 g/mol. The number of halogens is 1. The summed E-state index contributed by atoms with van der Waals surface area (Å²) in [6.07, 6.45) is 4.17. The molecule has 4 nitrogen and oxygen atoms in total. The number of hydrogen-bond donors (Lipinski definition) is 2. The van der Waals surface area contributed by atoms with E-state index < -0.39 is 20.7 Å². The van der Waals surface area contributed by atoms with Crippen LogP contribution in [0.5, 0.6) is 0 Å². The molecule has 94 valence electrons. The third-order valence-electron chi connectivity index (χ3n) is 2.10. The summed E-state index contributed by atoms with van der Waals surface area (Å²) in [6.45, 7) is 2.05. The third kappa shape index (κ3) is 3.54. The van der Waals surface area contributed by atoms with Crippen LogP contribution < -0.4 is 10.5 Å². The maximum absolute atomic E-state index is 13.4. The van der Waals surface area contributed by atoms with Crippen molar-refractivity contribution in [2.45, 2.75) is 18.2 Å². The van der Waals surface area contributed by atoms with Crippen LogP contribution in [0.4, 0.5) is 10.1 Å². The molecule has 17 heavy (non-hydrogen) atoms. The van der Waals surface area contributed by atoms with E-state index in [1.54, 1.807) is 0 Å². The molecule has 0 fully saturated rings. The van der Waals surface area contributed by atoms with Crippen molar-refractivity contribution in [3.8, 4) is 0 Å². The predicted molar refractivity (Wildman–Crippen MR) is 65.4 cm³/mol. The van der Waals surface area contributed by atoms with Gasteiger partial charge < -0.3 is 5.73 Å². The van der Waals surface area contributed by atoms with Crippen molar-refractivity contribution >= 4 is 15.7 Å². The first-order valence-corrected chi connectivity index (χ1v) is 6.62. The van der Waals surface area contributed by atoms with Crippen LogP contribution >= 0.6 is 0 Å². The standard InChI is InChI=1S/C11H15FN2O2S/c1-2-3-4-8-14-17(15,16)11-9(12)6-5-7-10(11)13/h2-3,5-7,14H,4,8,13H2,1H3/b3-2+. The van der Waals surface area contributed by atoms with Gasteiger partial charge in [0.15, 0.2) is 0 Å². The Morgan fingerprint density at radius 1 is 1.47 bits per heavy atom. The Labute approximate surface area is 100 Å². The van der Waals surface area contributed by atoms with Crippen LogP contribution in [0.15, 0.2) is 35.2 Å². The summed E-state index contributed by atoms with van der Waals surface area (Å²) in [6, 6.07) is 3.78. The Balaban J connectivity index is 2.90. The zero-order valence-corrected chi connectivity index (χ0v) is 10.3. The molecule has 0 aliphatic carbocycles. The van der Waals surface area contributed by atoms with Crippen LogP contribution in [0, 0.1) is 5.82 Å². The van der Waals surface area contributed by atoms with E-state index in [0.29, 0.717) is 6.42 Å². The Bertz CT molecular complexity index is 492. The molecule has 0 heterocycles. The van der Waals surface area contributed by atoms with Crippen molar-refractivity contribution < 1.29 is 12.8 Å². The van der Waals surface area contributed by atoms with Gasteiger partial charge in [0.2, 0.25) is 10.0 Å². The van der Waals surface area contributed by atoms with Gasteiger partial charge in [0.1, 0.15) is 10.7 Å². The average Bonchev–Trinajstić information content (AvgIpc) is 2.24. The minimum atomic E-state index is -3.89. The molecule has 0 radical (unpaired) electrons. The molecule has 0 atom stereocenters. The Morgan fingerprint density at radius 2 is 2.18 bits per heavy atom. The van der Waals surface area contributed by atoms with Gasteiger partial charge in [-0.3, -0.25) is 0 Å². The molecule has 0 amide bonds. The molecule has 0 aliphatic heterocycles. The van der Waals surface area contributed by atoms with E-state index in [-0.39, 0.29) is 12.2 Å². The molecule has 0 spiro atoms. The van der Waals surface area contributed by atoms with Crippen molar-refractivity contribution in [1.82, 2.24) is 4.72 Å². The Morgan fingerprint density at radius 3 is 2.76 bits per heavy atom. The van der Waals surface area contributed by atoms with Crippen molar-refractivity contribution in [3.05, 3.63) is 36.2 Å². The van der Waals surface area contributed by atoms with Crippen molar-refractivity contribution in [2.24, 2.45) is 0 Å². The second-order valence-electron chi connectivity index (χ2n) is 3.41. The molecular weight excluding hydrogens is 243 g/mol. The largest absolute Gasteiger partial charge is 0.398 e. The van der Waals surface area contributed by atoms with Crippen molar-refractivity contribution in [2.75, 3.05) is 12.3 Å². The molecular formula is C11H15FN2O2S. The van der Waals surface area contributed by atoms with E-state index in [9.17, 15) is 12.8 Å². The number of hydrogen-bond acceptors (Lipinski definition) is 3. The molecule has 1 rings (SSSR count). The van der Waals surface area contributed by atoms with Crippen LogP contribution in [0.25, 0.3) is 0 Å². The van der Waals surface area contributed by atoms with Gasteiger partial charge in [0.25, 0.3) is 0 Å². The molecule has 1 aromatic carbocycles. The molecule has 0 aromatic heterocycles. The first kappa shape index (κ1) is 13.7. The van der Waals surface area contributed by atoms with Gasteiger partial charge in [-0.05, 0) is 25.5 Å².